The zero-order chi connectivity index (χ0) is 12.7. The van der Waals surface area contributed by atoms with Gasteiger partial charge in [0.25, 0.3) is 0 Å². The van der Waals surface area contributed by atoms with Gasteiger partial charge in [0.15, 0.2) is 6.61 Å². The summed E-state index contributed by atoms with van der Waals surface area (Å²) in [6.45, 7) is -0.0196. The molecule has 3 amide bonds. The van der Waals surface area contributed by atoms with Crippen molar-refractivity contribution in [2.45, 2.75) is 12.8 Å². The number of carboxylic acid groups (broad SMARTS) is 1. The van der Waals surface area contributed by atoms with Gasteiger partial charge in [-0.15, -0.1) is 0 Å². The average molecular weight is 245 g/mol. The molecule has 8 heteroatoms. The molecule has 96 valence electrons. The van der Waals surface area contributed by atoms with Crippen molar-refractivity contribution in [1.29, 1.82) is 0 Å². The molecule has 4 N–H and O–H groups in total. The Bertz CT molecular complexity index is 303. The Morgan fingerprint density at radius 3 is 2.41 bits per heavy atom. The van der Waals surface area contributed by atoms with Crippen molar-refractivity contribution in [3.63, 3.8) is 0 Å². The monoisotopic (exact) mass is 245 g/mol. The van der Waals surface area contributed by atoms with Gasteiger partial charge in [-0.2, -0.15) is 0 Å². The topological polar surface area (TPSA) is 117 Å². The summed E-state index contributed by atoms with van der Waals surface area (Å²) < 4.78 is 0. The second kappa shape index (κ2) is 6.69. The fourth-order valence-electron chi connectivity index (χ4n) is 1.05. The molecule has 1 fully saturated rings. The first-order valence-electron chi connectivity index (χ1n) is 5.24. The summed E-state index contributed by atoms with van der Waals surface area (Å²) in [7, 11) is 0. The minimum absolute atomic E-state index is 0.00864. The highest BCUT2D eigenvalue weighted by Crippen LogP contribution is 2.28. The maximum absolute atomic E-state index is 11.2. The van der Waals surface area contributed by atoms with Crippen molar-refractivity contribution in [2.75, 3.05) is 19.7 Å². The van der Waals surface area contributed by atoms with E-state index >= 15 is 0 Å². The van der Waals surface area contributed by atoms with Gasteiger partial charge < -0.3 is 15.7 Å². The number of rotatable bonds is 7. The molecule has 0 saturated heterocycles. The number of hydrogen-bond donors (Lipinski definition) is 4. The van der Waals surface area contributed by atoms with Crippen molar-refractivity contribution in [2.24, 2.45) is 5.92 Å². The molecule has 0 bridgehead atoms. The third kappa shape index (κ3) is 6.36. The Balaban J connectivity index is 1.92. The summed E-state index contributed by atoms with van der Waals surface area (Å²) in [6.07, 6.45) is 1.87. The summed E-state index contributed by atoms with van der Waals surface area (Å²) in [5.41, 5.74) is 1.89. The van der Waals surface area contributed by atoms with E-state index in [0.29, 0.717) is 6.54 Å². The van der Waals surface area contributed by atoms with Crippen LogP contribution in [0.4, 0.5) is 4.79 Å². The van der Waals surface area contributed by atoms with Gasteiger partial charge in [0.05, 0.1) is 0 Å². The highest BCUT2D eigenvalue weighted by atomic mass is 16.7. The molecule has 1 aliphatic carbocycles. The number of nitrogens with one attached hydrogen (secondary N) is 3. The van der Waals surface area contributed by atoms with Crippen molar-refractivity contribution < 1.29 is 24.3 Å². The zero-order valence-electron chi connectivity index (χ0n) is 9.19. The van der Waals surface area contributed by atoms with Gasteiger partial charge in [0.1, 0.15) is 0 Å². The fourth-order valence-corrected chi connectivity index (χ4v) is 1.05. The van der Waals surface area contributed by atoms with E-state index < -0.39 is 18.6 Å². The Labute approximate surface area is 97.6 Å². The van der Waals surface area contributed by atoms with E-state index in [1.807, 2.05) is 5.48 Å². The van der Waals surface area contributed by atoms with E-state index in [2.05, 4.69) is 15.5 Å². The van der Waals surface area contributed by atoms with Gasteiger partial charge in [-0.3, -0.25) is 9.63 Å². The van der Waals surface area contributed by atoms with Gasteiger partial charge in [0, 0.05) is 19.0 Å². The SMILES string of the molecule is O=C(O)CONC(=O)NCCNC(=O)C1CC1. The van der Waals surface area contributed by atoms with Crippen LogP contribution in [0.25, 0.3) is 0 Å². The molecular formula is C9H15N3O5. The lowest BCUT2D eigenvalue weighted by molar-refractivity contribution is -0.144. The van der Waals surface area contributed by atoms with Crippen molar-refractivity contribution in [1.82, 2.24) is 16.1 Å². The van der Waals surface area contributed by atoms with E-state index in [1.54, 1.807) is 0 Å². The molecule has 0 aromatic carbocycles. The number of carbonyl (C=O) groups is 3. The average Bonchev–Trinajstić information content (AvgIpc) is 3.07. The van der Waals surface area contributed by atoms with Crippen LogP contribution < -0.4 is 16.1 Å². The van der Waals surface area contributed by atoms with Crippen LogP contribution in [-0.4, -0.2) is 42.7 Å². The standard InChI is InChI=1S/C9H15N3O5/c13-7(14)5-17-12-9(16)11-4-3-10-8(15)6-1-2-6/h6H,1-5H2,(H,10,15)(H,13,14)(H2,11,12,16). The molecule has 0 atom stereocenters. The lowest BCUT2D eigenvalue weighted by atomic mass is 10.4. The lowest BCUT2D eigenvalue weighted by Gasteiger charge is -2.07. The molecule has 8 nitrogen and oxygen atoms in total. The molecule has 0 heterocycles. The van der Waals surface area contributed by atoms with Crippen LogP contribution in [-0.2, 0) is 14.4 Å². The van der Waals surface area contributed by atoms with Gasteiger partial charge >= 0.3 is 12.0 Å². The van der Waals surface area contributed by atoms with Crippen LogP contribution >= 0.6 is 0 Å². The number of carboxylic acids is 1. The fraction of sp³-hybridized carbons (Fsp3) is 0.667. The maximum atomic E-state index is 11.2. The molecule has 17 heavy (non-hydrogen) atoms. The van der Waals surface area contributed by atoms with Crippen LogP contribution in [0.5, 0.6) is 0 Å². The molecule has 0 aromatic rings. The third-order valence-electron chi connectivity index (χ3n) is 2.02. The first-order chi connectivity index (χ1) is 8.09. The molecule has 1 aliphatic rings. The van der Waals surface area contributed by atoms with Crippen LogP contribution in [0.3, 0.4) is 0 Å². The number of hydrogen-bond acceptors (Lipinski definition) is 4. The molecule has 0 unspecified atom stereocenters. The van der Waals surface area contributed by atoms with Gasteiger partial charge in [-0.25, -0.2) is 15.1 Å². The summed E-state index contributed by atoms with van der Waals surface area (Å²) in [6, 6.07) is -0.646. The molecular weight excluding hydrogens is 230 g/mol. The second-order valence-corrected chi connectivity index (χ2v) is 3.61. The quantitative estimate of drug-likeness (QED) is 0.333. The third-order valence-corrected chi connectivity index (χ3v) is 2.02. The lowest BCUT2D eigenvalue weighted by Crippen LogP contribution is -2.41. The van der Waals surface area contributed by atoms with Gasteiger partial charge in [0.2, 0.25) is 5.91 Å². The second-order valence-electron chi connectivity index (χ2n) is 3.61. The first-order valence-corrected chi connectivity index (χ1v) is 5.24. The number of carbonyl (C=O) groups excluding carboxylic acids is 2. The molecule has 0 spiro atoms. The Morgan fingerprint density at radius 1 is 1.18 bits per heavy atom. The summed E-state index contributed by atoms with van der Waals surface area (Å²) >= 11 is 0. The minimum atomic E-state index is -1.18. The van der Waals surface area contributed by atoms with Crippen LogP contribution in [0, 0.1) is 5.92 Å². The Kier molecular flexibility index (Phi) is 5.21. The number of urea groups is 1. The smallest absolute Gasteiger partial charge is 0.338 e. The van der Waals surface area contributed by atoms with E-state index in [1.165, 1.54) is 0 Å². The highest BCUT2D eigenvalue weighted by Gasteiger charge is 2.28. The van der Waals surface area contributed by atoms with Crippen molar-refractivity contribution in [3.05, 3.63) is 0 Å². The summed E-state index contributed by atoms with van der Waals surface area (Å²) in [4.78, 5) is 36.5. The van der Waals surface area contributed by atoms with E-state index in [-0.39, 0.29) is 18.4 Å². The van der Waals surface area contributed by atoms with E-state index in [0.717, 1.165) is 12.8 Å². The Hall–Kier alpha value is -1.83. The molecule has 1 rings (SSSR count). The molecule has 0 aromatic heterocycles. The van der Waals surface area contributed by atoms with Crippen LogP contribution in [0.1, 0.15) is 12.8 Å². The van der Waals surface area contributed by atoms with E-state index in [4.69, 9.17) is 5.11 Å². The van der Waals surface area contributed by atoms with Crippen molar-refractivity contribution >= 4 is 17.9 Å². The summed E-state index contributed by atoms with van der Waals surface area (Å²) in [5.74, 6) is -1.03. The molecule has 0 radical (unpaired) electrons. The maximum Gasteiger partial charge on any atom is 0.338 e. The molecule has 0 aliphatic heterocycles. The summed E-state index contributed by atoms with van der Waals surface area (Å²) in [5, 5.41) is 13.3. The van der Waals surface area contributed by atoms with Crippen molar-refractivity contribution in [3.8, 4) is 0 Å². The number of hydroxylamine groups is 1. The Morgan fingerprint density at radius 2 is 1.82 bits per heavy atom. The predicted molar refractivity (Wildman–Crippen MR) is 55.9 cm³/mol. The van der Waals surface area contributed by atoms with Crippen LogP contribution in [0.2, 0.25) is 0 Å². The normalized spacial score (nSPS) is 13.9. The molecule has 1 saturated carbocycles. The first kappa shape index (κ1) is 13.2. The predicted octanol–water partition coefficient (Wildman–Crippen LogP) is -1.17. The van der Waals surface area contributed by atoms with Gasteiger partial charge in [-0.1, -0.05) is 0 Å². The zero-order valence-corrected chi connectivity index (χ0v) is 9.19. The van der Waals surface area contributed by atoms with Crippen LogP contribution in [0.15, 0.2) is 0 Å². The largest absolute Gasteiger partial charge is 0.479 e. The number of amides is 3. The minimum Gasteiger partial charge on any atom is -0.479 e. The number of aliphatic carboxylic acids is 1. The highest BCUT2D eigenvalue weighted by molar-refractivity contribution is 5.80. The van der Waals surface area contributed by atoms with E-state index in [9.17, 15) is 14.4 Å². The van der Waals surface area contributed by atoms with Gasteiger partial charge in [-0.05, 0) is 12.8 Å².